The molecule has 1 aromatic carbocycles. The molecule has 2 heteroatoms. The van der Waals surface area contributed by atoms with E-state index >= 15 is 0 Å². The Morgan fingerprint density at radius 2 is 1.65 bits per heavy atom. The molecule has 0 aliphatic rings. The van der Waals surface area contributed by atoms with Crippen molar-refractivity contribution in [2.45, 2.75) is 77.7 Å². The molecular weight excluding hydrogens is 244 g/mol. The molecule has 0 heterocycles. The molecule has 0 saturated carbocycles. The van der Waals surface area contributed by atoms with Crippen LogP contribution in [-0.2, 0) is 0 Å². The van der Waals surface area contributed by atoms with Gasteiger partial charge >= 0.3 is 0 Å². The van der Waals surface area contributed by atoms with E-state index in [2.05, 4.69) is 43.5 Å². The van der Waals surface area contributed by atoms with Crippen molar-refractivity contribution < 1.29 is 0 Å². The van der Waals surface area contributed by atoms with Gasteiger partial charge in [-0.05, 0) is 18.9 Å². The average Bonchev–Trinajstić information content (AvgIpc) is 2.46. The molecule has 0 spiro atoms. The minimum absolute atomic E-state index is 0.301. The van der Waals surface area contributed by atoms with Gasteiger partial charge in [0, 0.05) is 6.04 Å². The largest absolute Gasteiger partial charge is 0.271 e. The molecule has 2 nitrogen and oxygen atoms in total. The zero-order valence-electron chi connectivity index (χ0n) is 13.3. The normalized spacial score (nSPS) is 12.6. The first-order chi connectivity index (χ1) is 9.77. The van der Waals surface area contributed by atoms with Crippen molar-refractivity contribution in [3.8, 4) is 0 Å². The Balaban J connectivity index is 2.16. The molecule has 0 saturated heterocycles. The summed E-state index contributed by atoms with van der Waals surface area (Å²) in [6, 6.07) is 8.95. The second-order valence-corrected chi connectivity index (χ2v) is 5.90. The number of hydrazine groups is 1. The maximum absolute atomic E-state index is 5.70. The van der Waals surface area contributed by atoms with Crippen LogP contribution >= 0.6 is 0 Å². The van der Waals surface area contributed by atoms with Crippen LogP contribution in [-0.4, -0.2) is 0 Å². The Morgan fingerprint density at radius 1 is 1.00 bits per heavy atom. The second-order valence-electron chi connectivity index (χ2n) is 5.90. The van der Waals surface area contributed by atoms with E-state index < -0.39 is 0 Å². The highest BCUT2D eigenvalue weighted by atomic mass is 15.2. The maximum atomic E-state index is 5.70. The third kappa shape index (κ3) is 7.06. The summed E-state index contributed by atoms with van der Waals surface area (Å²) in [5, 5.41) is 0. The number of aryl methyl sites for hydroxylation is 1. The summed E-state index contributed by atoms with van der Waals surface area (Å²) in [5.41, 5.74) is 5.58. The number of nitrogens with two attached hydrogens (primary N) is 1. The molecule has 0 aromatic heterocycles. The predicted molar refractivity (Wildman–Crippen MR) is 88.5 cm³/mol. The molecule has 0 aliphatic carbocycles. The van der Waals surface area contributed by atoms with E-state index in [9.17, 15) is 0 Å². The van der Waals surface area contributed by atoms with Crippen LogP contribution in [0.25, 0.3) is 0 Å². The Kier molecular flexibility index (Phi) is 9.35. The van der Waals surface area contributed by atoms with E-state index in [1.807, 2.05) is 0 Å². The smallest absolute Gasteiger partial charge is 0.0460 e. The van der Waals surface area contributed by atoms with Gasteiger partial charge in [0.15, 0.2) is 0 Å². The Labute approximate surface area is 125 Å². The van der Waals surface area contributed by atoms with E-state index in [1.165, 1.54) is 62.5 Å². The third-order valence-corrected chi connectivity index (χ3v) is 3.99. The third-order valence-electron chi connectivity index (χ3n) is 3.99. The standard InChI is InChI=1S/C18H32N2/c1-3-4-5-6-7-8-9-10-14-18(20-19)17-13-11-12-16(2)15-17/h11-13,15,18,20H,3-10,14,19H2,1-2H3. The molecule has 1 unspecified atom stereocenters. The van der Waals surface area contributed by atoms with Crippen molar-refractivity contribution in [1.82, 2.24) is 5.43 Å². The molecule has 0 fully saturated rings. The molecule has 1 aromatic rings. The van der Waals surface area contributed by atoms with E-state index in [0.717, 1.165) is 6.42 Å². The van der Waals surface area contributed by atoms with E-state index in [-0.39, 0.29) is 0 Å². The zero-order chi connectivity index (χ0) is 14.6. The van der Waals surface area contributed by atoms with E-state index in [0.29, 0.717) is 6.04 Å². The van der Waals surface area contributed by atoms with E-state index in [4.69, 9.17) is 5.84 Å². The van der Waals surface area contributed by atoms with Gasteiger partial charge in [-0.15, -0.1) is 0 Å². The van der Waals surface area contributed by atoms with Gasteiger partial charge < -0.3 is 0 Å². The molecular formula is C18H32N2. The molecule has 3 N–H and O–H groups in total. The van der Waals surface area contributed by atoms with Crippen molar-refractivity contribution in [2.24, 2.45) is 5.84 Å². The molecule has 0 aliphatic heterocycles. The van der Waals surface area contributed by atoms with Crippen LogP contribution in [0.1, 0.15) is 81.9 Å². The average molecular weight is 276 g/mol. The fraction of sp³-hybridized carbons (Fsp3) is 0.667. The number of unbranched alkanes of at least 4 members (excludes halogenated alkanes) is 7. The van der Waals surface area contributed by atoms with E-state index in [1.54, 1.807) is 0 Å². The summed E-state index contributed by atoms with van der Waals surface area (Å²) >= 11 is 0. The Hall–Kier alpha value is -0.860. The number of rotatable bonds is 11. The molecule has 0 amide bonds. The topological polar surface area (TPSA) is 38.0 Å². The highest BCUT2D eigenvalue weighted by Gasteiger charge is 2.08. The van der Waals surface area contributed by atoms with Crippen LogP contribution in [0.2, 0.25) is 0 Å². The summed E-state index contributed by atoms with van der Waals surface area (Å²) < 4.78 is 0. The van der Waals surface area contributed by atoms with Crippen LogP contribution in [0.3, 0.4) is 0 Å². The van der Waals surface area contributed by atoms with Gasteiger partial charge in [0.05, 0.1) is 0 Å². The Bertz CT molecular complexity index is 349. The van der Waals surface area contributed by atoms with Crippen molar-refractivity contribution in [3.05, 3.63) is 35.4 Å². The molecule has 1 atom stereocenters. The summed E-state index contributed by atoms with van der Waals surface area (Å²) in [6.07, 6.45) is 12.0. The number of hydrogen-bond donors (Lipinski definition) is 2. The maximum Gasteiger partial charge on any atom is 0.0460 e. The van der Waals surface area contributed by atoms with Crippen molar-refractivity contribution in [3.63, 3.8) is 0 Å². The fourth-order valence-corrected chi connectivity index (χ4v) is 2.72. The number of benzene rings is 1. The summed E-state index contributed by atoms with van der Waals surface area (Å²) in [6.45, 7) is 4.40. The molecule has 20 heavy (non-hydrogen) atoms. The summed E-state index contributed by atoms with van der Waals surface area (Å²) in [5.74, 6) is 5.70. The van der Waals surface area contributed by atoms with Crippen LogP contribution in [0.4, 0.5) is 0 Å². The van der Waals surface area contributed by atoms with Crippen molar-refractivity contribution in [1.29, 1.82) is 0 Å². The first kappa shape index (κ1) is 17.2. The molecule has 114 valence electrons. The Morgan fingerprint density at radius 3 is 2.25 bits per heavy atom. The van der Waals surface area contributed by atoms with Gasteiger partial charge in [0.2, 0.25) is 0 Å². The minimum atomic E-state index is 0.301. The second kappa shape index (κ2) is 10.9. The monoisotopic (exact) mass is 276 g/mol. The van der Waals surface area contributed by atoms with Crippen molar-refractivity contribution in [2.75, 3.05) is 0 Å². The van der Waals surface area contributed by atoms with Crippen LogP contribution in [0.15, 0.2) is 24.3 Å². The van der Waals surface area contributed by atoms with Crippen LogP contribution in [0, 0.1) is 6.92 Å². The predicted octanol–water partition coefficient (Wildman–Crippen LogP) is 5.03. The quantitative estimate of drug-likeness (QED) is 0.338. The van der Waals surface area contributed by atoms with Gasteiger partial charge in [0.25, 0.3) is 0 Å². The van der Waals surface area contributed by atoms with Crippen LogP contribution < -0.4 is 11.3 Å². The minimum Gasteiger partial charge on any atom is -0.271 e. The first-order valence-electron chi connectivity index (χ1n) is 8.30. The molecule has 1 rings (SSSR count). The molecule has 0 radical (unpaired) electrons. The first-order valence-corrected chi connectivity index (χ1v) is 8.30. The van der Waals surface area contributed by atoms with Gasteiger partial charge in [-0.3, -0.25) is 11.3 Å². The lowest BCUT2D eigenvalue weighted by Gasteiger charge is -2.16. The number of hydrogen-bond acceptors (Lipinski definition) is 2. The number of nitrogens with one attached hydrogen (secondary N) is 1. The summed E-state index contributed by atoms with van der Waals surface area (Å²) in [7, 11) is 0. The molecule has 0 bridgehead atoms. The summed E-state index contributed by atoms with van der Waals surface area (Å²) in [4.78, 5) is 0. The highest BCUT2D eigenvalue weighted by Crippen LogP contribution is 2.20. The van der Waals surface area contributed by atoms with Crippen LogP contribution in [0.5, 0.6) is 0 Å². The van der Waals surface area contributed by atoms with Gasteiger partial charge in [-0.25, -0.2) is 0 Å². The van der Waals surface area contributed by atoms with Gasteiger partial charge in [-0.1, -0.05) is 88.1 Å². The fourth-order valence-electron chi connectivity index (χ4n) is 2.72. The lowest BCUT2D eigenvalue weighted by Crippen LogP contribution is -2.28. The van der Waals surface area contributed by atoms with Gasteiger partial charge in [0.1, 0.15) is 0 Å². The van der Waals surface area contributed by atoms with Crippen molar-refractivity contribution >= 4 is 0 Å². The zero-order valence-corrected chi connectivity index (χ0v) is 13.3. The lowest BCUT2D eigenvalue weighted by atomic mass is 9.98. The lowest BCUT2D eigenvalue weighted by molar-refractivity contribution is 0.475. The SMILES string of the molecule is CCCCCCCCCCC(NN)c1cccc(C)c1. The highest BCUT2D eigenvalue weighted by molar-refractivity contribution is 5.24. The van der Waals surface area contributed by atoms with Gasteiger partial charge in [-0.2, -0.15) is 0 Å².